The van der Waals surface area contributed by atoms with Gasteiger partial charge in [-0.25, -0.2) is 0 Å². The van der Waals surface area contributed by atoms with E-state index in [1.54, 1.807) is 0 Å². The van der Waals surface area contributed by atoms with Gasteiger partial charge in [-0.05, 0) is 12.8 Å². The van der Waals surface area contributed by atoms with Crippen molar-refractivity contribution < 1.29 is 16.9 Å². The van der Waals surface area contributed by atoms with Crippen LogP contribution in [-0.4, -0.2) is 32.2 Å². The fourth-order valence-corrected chi connectivity index (χ4v) is 2.07. The van der Waals surface area contributed by atoms with E-state index in [1.165, 1.54) is 70.8 Å². The Morgan fingerprint density at radius 1 is 0.632 bits per heavy atom. The fraction of sp³-hybridized carbons (Fsp3) is 1.00. The summed E-state index contributed by atoms with van der Waals surface area (Å²) in [5.74, 6) is 0. The largest absolute Gasteiger partial charge is 1.00 e. The Morgan fingerprint density at radius 2 is 0.947 bits per heavy atom. The van der Waals surface area contributed by atoms with Gasteiger partial charge in [0.25, 0.3) is 0 Å². The van der Waals surface area contributed by atoms with Gasteiger partial charge < -0.3 is 16.9 Å². The van der Waals surface area contributed by atoms with E-state index >= 15 is 0 Å². The van der Waals surface area contributed by atoms with Gasteiger partial charge in [0.05, 0.1) is 27.7 Å². The van der Waals surface area contributed by atoms with Gasteiger partial charge in [0.15, 0.2) is 0 Å². The topological polar surface area (TPSA) is 0 Å². The molecule has 0 aromatic rings. The third-order valence-electron chi connectivity index (χ3n) is 3.18. The van der Waals surface area contributed by atoms with Crippen molar-refractivity contribution in [1.29, 1.82) is 0 Å². The monoisotopic (exact) mass is 333 g/mol. The molecule has 0 aliphatic rings. The van der Waals surface area contributed by atoms with Gasteiger partial charge in [0, 0.05) is 0 Å². The van der Waals surface area contributed by atoms with Crippen molar-refractivity contribution in [1.82, 2.24) is 0 Å². The molecule has 0 saturated heterocycles. The molecule has 1 atom stereocenters. The normalized spacial score (nSPS) is 10.1. The quantitative estimate of drug-likeness (QED) is 0.308. The number of halogens is 2. The molecule has 19 heavy (non-hydrogen) atoms. The van der Waals surface area contributed by atoms with Gasteiger partial charge in [0.1, 0.15) is 0 Å². The minimum Gasteiger partial charge on any atom is -1.00 e. The molecule has 0 radical (unpaired) electrons. The standard InChI is InChI=1S/C15H34N.2ClH.H3P/c1-5-6-7-8-9-10-11-12-13-14-15-16(2,3)4;;;/h5-15H2,1-4H3;2*1H;1H3/q+1;;;/p-1. The molecule has 0 aliphatic carbocycles. The van der Waals surface area contributed by atoms with Gasteiger partial charge in [-0.2, -0.15) is 9.90 Å². The molecule has 1 nitrogen and oxygen atoms in total. The average Bonchev–Trinajstić information content (AvgIpc) is 2.19. The van der Waals surface area contributed by atoms with Gasteiger partial charge in [-0.3, -0.25) is 0 Å². The Balaban J connectivity index is -0.000000375. The van der Waals surface area contributed by atoms with Crippen molar-refractivity contribution in [2.75, 3.05) is 27.7 Å². The maximum Gasteiger partial charge on any atom is 0.0780 e. The van der Waals surface area contributed by atoms with Gasteiger partial charge in [0.2, 0.25) is 0 Å². The smallest absolute Gasteiger partial charge is 0.0780 e. The first-order valence-corrected chi connectivity index (χ1v) is 7.36. The summed E-state index contributed by atoms with van der Waals surface area (Å²) >= 11 is 0. The van der Waals surface area contributed by atoms with E-state index in [0.717, 1.165) is 4.48 Å². The molecule has 0 heterocycles. The summed E-state index contributed by atoms with van der Waals surface area (Å²) < 4.78 is 1.12. The van der Waals surface area contributed by atoms with E-state index in [2.05, 4.69) is 28.1 Å². The van der Waals surface area contributed by atoms with E-state index in [1.807, 2.05) is 0 Å². The zero-order valence-electron chi connectivity index (χ0n) is 13.7. The molecular formula is C15H38Cl2NP. The predicted octanol–water partition coefficient (Wildman–Crippen LogP) is 2.10. The first-order chi connectivity index (χ1) is 7.56. The predicted molar refractivity (Wildman–Crippen MR) is 93.1 cm³/mol. The Labute approximate surface area is 138 Å². The highest BCUT2D eigenvalue weighted by Gasteiger charge is 2.04. The number of hydrogen-bond donors (Lipinski definition) is 0. The van der Waals surface area contributed by atoms with Crippen LogP contribution in [0.5, 0.6) is 0 Å². The molecule has 0 aliphatic heterocycles. The second-order valence-electron chi connectivity index (χ2n) is 6.20. The minimum atomic E-state index is 0. The second-order valence-corrected chi connectivity index (χ2v) is 6.20. The van der Waals surface area contributed by atoms with Crippen LogP contribution in [0.25, 0.3) is 0 Å². The third-order valence-corrected chi connectivity index (χ3v) is 3.18. The Kier molecular flexibility index (Phi) is 28.1. The summed E-state index contributed by atoms with van der Waals surface area (Å²) in [6, 6.07) is 0. The van der Waals surface area contributed by atoms with Crippen LogP contribution >= 0.6 is 22.3 Å². The lowest BCUT2D eigenvalue weighted by Gasteiger charge is -2.23. The lowest BCUT2D eigenvalue weighted by molar-refractivity contribution is -0.870. The molecule has 0 N–H and O–H groups in total. The highest BCUT2D eigenvalue weighted by molar-refractivity contribution is 6.92. The molecule has 0 bridgehead atoms. The molecule has 0 aromatic carbocycles. The summed E-state index contributed by atoms with van der Waals surface area (Å²) in [7, 11) is 6.86. The van der Waals surface area contributed by atoms with Gasteiger partial charge in [-0.1, -0.05) is 58.3 Å². The number of hydrogen-bond acceptors (Lipinski definition) is 0. The van der Waals surface area contributed by atoms with Crippen molar-refractivity contribution in [3.8, 4) is 0 Å². The van der Waals surface area contributed by atoms with E-state index in [-0.39, 0.29) is 34.7 Å². The zero-order valence-corrected chi connectivity index (χ0v) is 16.7. The van der Waals surface area contributed by atoms with Gasteiger partial charge >= 0.3 is 0 Å². The summed E-state index contributed by atoms with van der Waals surface area (Å²) in [6.07, 6.45) is 14.4. The first-order valence-electron chi connectivity index (χ1n) is 7.36. The van der Waals surface area contributed by atoms with Crippen molar-refractivity contribution >= 4 is 22.3 Å². The van der Waals surface area contributed by atoms with Crippen LogP contribution in [0.1, 0.15) is 71.1 Å². The molecule has 0 fully saturated rings. The first kappa shape index (κ1) is 28.2. The van der Waals surface area contributed by atoms with Crippen LogP contribution in [0.4, 0.5) is 0 Å². The van der Waals surface area contributed by atoms with Crippen LogP contribution in [0.15, 0.2) is 0 Å². The van der Waals surface area contributed by atoms with Crippen LogP contribution in [0.2, 0.25) is 0 Å². The van der Waals surface area contributed by atoms with Crippen LogP contribution in [0, 0.1) is 0 Å². The van der Waals surface area contributed by atoms with Crippen molar-refractivity contribution in [2.24, 2.45) is 0 Å². The molecule has 122 valence electrons. The molecule has 1 unspecified atom stereocenters. The molecular weight excluding hydrogens is 296 g/mol. The number of rotatable bonds is 11. The van der Waals surface area contributed by atoms with Crippen molar-refractivity contribution in [2.45, 2.75) is 71.1 Å². The lowest BCUT2D eigenvalue weighted by atomic mass is 10.1. The molecule has 0 amide bonds. The second kappa shape index (κ2) is 19.0. The number of quaternary nitrogens is 1. The fourth-order valence-electron chi connectivity index (χ4n) is 2.07. The number of nitrogens with zero attached hydrogens (tertiary/aromatic N) is 1. The summed E-state index contributed by atoms with van der Waals surface area (Å²) in [6.45, 7) is 3.62. The van der Waals surface area contributed by atoms with E-state index < -0.39 is 0 Å². The van der Waals surface area contributed by atoms with Crippen LogP contribution < -0.4 is 12.4 Å². The molecule has 0 spiro atoms. The highest BCUT2D eigenvalue weighted by atomic mass is 35.5. The Bertz CT molecular complexity index is 150. The van der Waals surface area contributed by atoms with Gasteiger partial charge in [-0.15, -0.1) is 12.4 Å². The molecule has 4 heteroatoms. The molecule has 0 saturated carbocycles. The Hall–Kier alpha value is 0.970. The third kappa shape index (κ3) is 28.0. The van der Waals surface area contributed by atoms with Crippen molar-refractivity contribution in [3.05, 3.63) is 0 Å². The summed E-state index contributed by atoms with van der Waals surface area (Å²) in [5.41, 5.74) is 0. The SMILES string of the molecule is CCCCCCCCCCCC[N+](C)(C)C.Cl.P.[Cl-]. The molecule has 0 aromatic heterocycles. The average molecular weight is 334 g/mol. The van der Waals surface area contributed by atoms with Crippen LogP contribution in [-0.2, 0) is 0 Å². The van der Waals surface area contributed by atoms with Crippen molar-refractivity contribution in [3.63, 3.8) is 0 Å². The highest BCUT2D eigenvalue weighted by Crippen LogP contribution is 2.10. The summed E-state index contributed by atoms with van der Waals surface area (Å²) in [4.78, 5) is 0. The van der Waals surface area contributed by atoms with Crippen LogP contribution in [0.3, 0.4) is 0 Å². The van der Waals surface area contributed by atoms with E-state index in [4.69, 9.17) is 0 Å². The maximum absolute atomic E-state index is 2.29. The van der Waals surface area contributed by atoms with E-state index in [0.29, 0.717) is 0 Å². The Morgan fingerprint density at radius 3 is 1.26 bits per heavy atom. The van der Waals surface area contributed by atoms with E-state index in [9.17, 15) is 0 Å². The summed E-state index contributed by atoms with van der Waals surface area (Å²) in [5, 5.41) is 0. The zero-order chi connectivity index (χ0) is 12.3. The minimum absolute atomic E-state index is 0. The number of unbranched alkanes of at least 4 members (excludes halogenated alkanes) is 9. The lowest BCUT2D eigenvalue weighted by Crippen LogP contribution is -3.00. The molecule has 0 rings (SSSR count). The maximum atomic E-state index is 2.29.